The number of fused-ring (bicyclic) bond motifs is 1. The Balaban J connectivity index is 1.49. The second kappa shape index (κ2) is 11.2. The summed E-state index contributed by atoms with van der Waals surface area (Å²) in [4.78, 5) is 26.2. The summed E-state index contributed by atoms with van der Waals surface area (Å²) in [6.07, 6.45) is 4.18. The fourth-order valence-electron chi connectivity index (χ4n) is 3.60. The standard InChI is InChI=1S/C24H24ClN5O3S/c25-16-9-11-17(12-10-16)30-23(19-14-27-20-7-4-3-6-18(19)20)28-29-24(30)34-15-21(31)26-13-5-1-2-8-22(32)33/h3-4,6-7,9-12,14,27H,1-2,5,8,13,15H2,(H,26,31)(H,32,33). The molecule has 0 atom stereocenters. The maximum atomic E-state index is 12.4. The van der Waals surface area contributed by atoms with Crippen LogP contribution in [-0.4, -0.2) is 49.0 Å². The van der Waals surface area contributed by atoms with Crippen LogP contribution in [0.25, 0.3) is 28.0 Å². The summed E-state index contributed by atoms with van der Waals surface area (Å²) in [5.41, 5.74) is 2.76. The van der Waals surface area contributed by atoms with Gasteiger partial charge in [-0.3, -0.25) is 14.2 Å². The molecule has 0 spiro atoms. The van der Waals surface area contributed by atoms with E-state index in [9.17, 15) is 9.59 Å². The van der Waals surface area contributed by atoms with Crippen LogP contribution >= 0.6 is 23.4 Å². The van der Waals surface area contributed by atoms with E-state index in [4.69, 9.17) is 16.7 Å². The molecule has 8 nitrogen and oxygen atoms in total. The summed E-state index contributed by atoms with van der Waals surface area (Å²) in [5.74, 6) is -0.0461. The van der Waals surface area contributed by atoms with Gasteiger partial charge in [-0.1, -0.05) is 48.0 Å². The number of nitrogens with one attached hydrogen (secondary N) is 2. The summed E-state index contributed by atoms with van der Waals surface area (Å²) in [6, 6.07) is 15.4. The molecule has 34 heavy (non-hydrogen) atoms. The van der Waals surface area contributed by atoms with E-state index in [2.05, 4.69) is 20.5 Å². The van der Waals surface area contributed by atoms with Gasteiger partial charge in [0.2, 0.25) is 5.91 Å². The normalized spacial score (nSPS) is 11.1. The highest BCUT2D eigenvalue weighted by Crippen LogP contribution is 2.32. The van der Waals surface area contributed by atoms with Crippen LogP contribution in [0.1, 0.15) is 25.7 Å². The highest BCUT2D eigenvalue weighted by atomic mass is 35.5. The van der Waals surface area contributed by atoms with E-state index in [0.717, 1.165) is 35.0 Å². The quantitative estimate of drug-likeness (QED) is 0.200. The Labute approximate surface area is 205 Å². The van der Waals surface area contributed by atoms with Crippen molar-refractivity contribution in [1.82, 2.24) is 25.1 Å². The minimum absolute atomic E-state index is 0.109. The van der Waals surface area contributed by atoms with Crippen molar-refractivity contribution in [3.63, 3.8) is 0 Å². The zero-order valence-corrected chi connectivity index (χ0v) is 19.9. The molecular formula is C24H24ClN5O3S. The van der Waals surface area contributed by atoms with Crippen molar-refractivity contribution in [2.75, 3.05) is 12.3 Å². The molecule has 3 N–H and O–H groups in total. The maximum Gasteiger partial charge on any atom is 0.303 e. The Kier molecular flexibility index (Phi) is 7.87. The number of nitrogens with zero attached hydrogens (tertiary/aromatic N) is 3. The van der Waals surface area contributed by atoms with Crippen molar-refractivity contribution in [3.8, 4) is 17.1 Å². The molecule has 2 heterocycles. The third-order valence-electron chi connectivity index (χ3n) is 5.27. The first kappa shape index (κ1) is 23.8. The van der Waals surface area contributed by atoms with E-state index >= 15 is 0 Å². The molecule has 4 rings (SSSR count). The van der Waals surface area contributed by atoms with Gasteiger partial charge in [-0.25, -0.2) is 0 Å². The van der Waals surface area contributed by atoms with Crippen LogP contribution in [0, 0.1) is 0 Å². The number of rotatable bonds is 11. The predicted molar refractivity (Wildman–Crippen MR) is 133 cm³/mol. The Morgan fingerprint density at radius 1 is 1.06 bits per heavy atom. The summed E-state index contributed by atoms with van der Waals surface area (Å²) in [6.45, 7) is 0.517. The Bertz CT molecular complexity index is 1290. The second-order valence-corrected chi connectivity index (χ2v) is 9.09. The van der Waals surface area contributed by atoms with Crippen molar-refractivity contribution in [2.45, 2.75) is 30.8 Å². The number of carboxylic acid groups (broad SMARTS) is 1. The number of carboxylic acids is 1. The minimum atomic E-state index is -0.794. The molecule has 0 aliphatic rings. The van der Waals surface area contributed by atoms with Crippen LogP contribution in [0.4, 0.5) is 0 Å². The number of aromatic amines is 1. The molecule has 0 radical (unpaired) electrons. The van der Waals surface area contributed by atoms with Crippen LogP contribution in [0.2, 0.25) is 5.02 Å². The number of hydrogen-bond acceptors (Lipinski definition) is 5. The van der Waals surface area contributed by atoms with E-state index in [1.165, 1.54) is 11.8 Å². The first-order valence-corrected chi connectivity index (χ1v) is 12.3. The van der Waals surface area contributed by atoms with Crippen LogP contribution < -0.4 is 5.32 Å². The van der Waals surface area contributed by atoms with Crippen LogP contribution in [-0.2, 0) is 9.59 Å². The van der Waals surface area contributed by atoms with E-state index in [1.807, 2.05) is 47.2 Å². The number of hydrogen-bond donors (Lipinski definition) is 3. The number of H-pyrrole nitrogens is 1. The average molecular weight is 498 g/mol. The van der Waals surface area contributed by atoms with Crippen LogP contribution in [0.15, 0.2) is 59.9 Å². The average Bonchev–Trinajstić information content (AvgIpc) is 3.44. The number of carbonyl (C=O) groups excluding carboxylic acids is 1. The molecule has 176 valence electrons. The number of carbonyl (C=O) groups is 2. The van der Waals surface area contributed by atoms with Gasteiger partial charge in [-0.15, -0.1) is 10.2 Å². The minimum Gasteiger partial charge on any atom is -0.481 e. The fourth-order valence-corrected chi connectivity index (χ4v) is 4.51. The number of para-hydroxylation sites is 1. The largest absolute Gasteiger partial charge is 0.481 e. The Morgan fingerprint density at radius 2 is 1.85 bits per heavy atom. The lowest BCUT2D eigenvalue weighted by Gasteiger charge is -2.10. The van der Waals surface area contributed by atoms with Gasteiger partial charge >= 0.3 is 5.97 Å². The molecule has 0 aliphatic carbocycles. The highest BCUT2D eigenvalue weighted by Gasteiger charge is 2.19. The maximum absolute atomic E-state index is 12.4. The number of aliphatic carboxylic acids is 1. The van der Waals surface area contributed by atoms with Crippen LogP contribution in [0.3, 0.4) is 0 Å². The molecule has 0 saturated heterocycles. The molecular weight excluding hydrogens is 474 g/mol. The molecule has 0 aliphatic heterocycles. The molecule has 2 aromatic heterocycles. The van der Waals surface area contributed by atoms with Crippen molar-refractivity contribution < 1.29 is 14.7 Å². The molecule has 0 fully saturated rings. The van der Waals surface area contributed by atoms with Gasteiger partial charge in [-0.2, -0.15) is 0 Å². The topological polar surface area (TPSA) is 113 Å². The second-order valence-electron chi connectivity index (χ2n) is 7.71. The number of halogens is 1. The fraction of sp³-hybridized carbons (Fsp3) is 0.250. The van der Waals surface area contributed by atoms with Gasteiger partial charge in [0.15, 0.2) is 11.0 Å². The molecule has 2 aromatic carbocycles. The third kappa shape index (κ3) is 5.78. The van der Waals surface area contributed by atoms with Crippen molar-refractivity contribution in [2.24, 2.45) is 0 Å². The smallest absolute Gasteiger partial charge is 0.303 e. The van der Waals surface area contributed by atoms with E-state index < -0.39 is 5.97 Å². The van der Waals surface area contributed by atoms with E-state index in [0.29, 0.717) is 29.0 Å². The lowest BCUT2D eigenvalue weighted by Crippen LogP contribution is -2.26. The molecule has 0 bridgehead atoms. The summed E-state index contributed by atoms with van der Waals surface area (Å²) >= 11 is 7.40. The number of thioether (sulfide) groups is 1. The summed E-state index contributed by atoms with van der Waals surface area (Å²) < 4.78 is 1.93. The molecule has 4 aromatic rings. The van der Waals surface area contributed by atoms with E-state index in [1.54, 1.807) is 12.1 Å². The van der Waals surface area contributed by atoms with Gasteiger partial charge in [0.25, 0.3) is 0 Å². The SMILES string of the molecule is O=C(O)CCCCCNC(=O)CSc1nnc(-c2c[nH]c3ccccc23)n1-c1ccc(Cl)cc1. The monoisotopic (exact) mass is 497 g/mol. The lowest BCUT2D eigenvalue weighted by molar-refractivity contribution is -0.137. The summed E-state index contributed by atoms with van der Waals surface area (Å²) in [5, 5.41) is 22.6. The Morgan fingerprint density at radius 3 is 2.65 bits per heavy atom. The molecule has 0 saturated carbocycles. The number of benzene rings is 2. The van der Waals surface area contributed by atoms with Gasteiger partial charge in [-0.05, 0) is 43.2 Å². The number of aromatic nitrogens is 4. The lowest BCUT2D eigenvalue weighted by atomic mass is 10.1. The third-order valence-corrected chi connectivity index (χ3v) is 6.45. The van der Waals surface area contributed by atoms with Gasteiger partial charge < -0.3 is 15.4 Å². The Hall–Kier alpha value is -3.30. The molecule has 10 heteroatoms. The van der Waals surface area contributed by atoms with Gasteiger partial charge in [0.05, 0.1) is 5.75 Å². The van der Waals surface area contributed by atoms with Crippen molar-refractivity contribution in [3.05, 3.63) is 59.8 Å². The van der Waals surface area contributed by atoms with Crippen molar-refractivity contribution >= 4 is 46.1 Å². The first-order valence-electron chi connectivity index (χ1n) is 10.9. The first-order chi connectivity index (χ1) is 16.5. The zero-order valence-electron chi connectivity index (χ0n) is 18.3. The van der Waals surface area contributed by atoms with E-state index in [-0.39, 0.29) is 18.1 Å². The van der Waals surface area contributed by atoms with Crippen molar-refractivity contribution in [1.29, 1.82) is 0 Å². The highest BCUT2D eigenvalue weighted by molar-refractivity contribution is 7.99. The molecule has 0 unspecified atom stereocenters. The predicted octanol–water partition coefficient (Wildman–Crippen LogP) is 4.92. The van der Waals surface area contributed by atoms with Gasteiger partial charge in [0, 0.05) is 46.3 Å². The summed E-state index contributed by atoms with van der Waals surface area (Å²) in [7, 11) is 0. The van der Waals surface area contributed by atoms with Gasteiger partial charge in [0.1, 0.15) is 0 Å². The van der Waals surface area contributed by atoms with Crippen LogP contribution in [0.5, 0.6) is 0 Å². The number of amides is 1. The zero-order chi connectivity index (χ0) is 23.9. The number of unbranched alkanes of at least 4 members (excludes halogenated alkanes) is 2. The molecule has 1 amide bonds.